The highest BCUT2D eigenvalue weighted by Crippen LogP contribution is 2.37. The van der Waals surface area contributed by atoms with Gasteiger partial charge in [-0.15, -0.1) is 0 Å². The molecule has 30 heavy (non-hydrogen) atoms. The lowest BCUT2D eigenvalue weighted by atomic mass is 10.0. The van der Waals surface area contributed by atoms with Crippen LogP contribution >= 0.6 is 0 Å². The van der Waals surface area contributed by atoms with Crippen LogP contribution in [-0.2, 0) is 13.2 Å². The Hall–Kier alpha value is -3.88. The largest absolute Gasteiger partial charge is 0.454 e. The number of benzene rings is 2. The van der Waals surface area contributed by atoms with Gasteiger partial charge in [0.05, 0.1) is 16.6 Å². The van der Waals surface area contributed by atoms with Crippen molar-refractivity contribution in [2.24, 2.45) is 7.05 Å². The normalized spacial score (nSPS) is 11.6. The first-order valence-electron chi connectivity index (χ1n) is 8.78. The van der Waals surface area contributed by atoms with E-state index in [1.807, 2.05) is 0 Å². The molecular weight excluding hydrogens is 399 g/mol. The van der Waals surface area contributed by atoms with Crippen LogP contribution in [0, 0.1) is 0 Å². The van der Waals surface area contributed by atoms with Crippen molar-refractivity contribution in [3.05, 3.63) is 82.5 Å². The van der Waals surface area contributed by atoms with Crippen molar-refractivity contribution in [3.8, 4) is 11.3 Å². The summed E-state index contributed by atoms with van der Waals surface area (Å²) in [6.45, 7) is 0. The summed E-state index contributed by atoms with van der Waals surface area (Å²) in [5.74, 6) is -0.689. The van der Waals surface area contributed by atoms with Crippen molar-refractivity contribution >= 4 is 22.6 Å². The number of carbonyl (C=O) groups is 1. The van der Waals surface area contributed by atoms with Gasteiger partial charge >= 0.3 is 6.18 Å². The minimum absolute atomic E-state index is 0.0282. The molecule has 2 aromatic carbocycles. The number of aromatic nitrogens is 2. The maximum Gasteiger partial charge on any atom is 0.417 e. The van der Waals surface area contributed by atoms with Gasteiger partial charge in [0.25, 0.3) is 5.91 Å². The molecule has 0 spiro atoms. The Morgan fingerprint density at radius 2 is 1.90 bits per heavy atom. The average molecular weight is 413 g/mol. The van der Waals surface area contributed by atoms with Crippen LogP contribution in [0.15, 0.2) is 70.1 Å². The van der Waals surface area contributed by atoms with Crippen LogP contribution in [-0.4, -0.2) is 15.5 Å². The Bertz CT molecular complexity index is 1320. The fourth-order valence-corrected chi connectivity index (χ4v) is 3.12. The lowest BCUT2D eigenvalue weighted by molar-refractivity contribution is -0.137. The highest BCUT2D eigenvalue weighted by molar-refractivity contribution is 6.06. The number of halogens is 3. The van der Waals surface area contributed by atoms with E-state index in [4.69, 9.17) is 4.42 Å². The van der Waals surface area contributed by atoms with E-state index in [-0.39, 0.29) is 33.8 Å². The Morgan fingerprint density at radius 3 is 2.60 bits per heavy atom. The van der Waals surface area contributed by atoms with Gasteiger partial charge in [-0.05, 0) is 18.2 Å². The molecular formula is C21H14F3N3O3. The maximum atomic E-state index is 13.4. The second-order valence-corrected chi connectivity index (χ2v) is 6.52. The lowest BCUT2D eigenvalue weighted by Gasteiger charge is -2.13. The average Bonchev–Trinajstić information content (AvgIpc) is 3.14. The van der Waals surface area contributed by atoms with Gasteiger partial charge in [0.1, 0.15) is 5.76 Å². The van der Waals surface area contributed by atoms with Crippen LogP contribution in [0.1, 0.15) is 16.2 Å². The van der Waals surface area contributed by atoms with Gasteiger partial charge in [0.15, 0.2) is 16.8 Å². The molecule has 0 aliphatic carbocycles. The quantitative estimate of drug-likeness (QED) is 0.538. The van der Waals surface area contributed by atoms with E-state index in [0.717, 1.165) is 12.1 Å². The molecule has 0 atom stereocenters. The van der Waals surface area contributed by atoms with Crippen LogP contribution < -0.4 is 10.7 Å². The third kappa shape index (κ3) is 3.45. The number of carbonyl (C=O) groups excluding carboxylic acids is 1. The molecule has 1 N–H and O–H groups in total. The summed E-state index contributed by atoms with van der Waals surface area (Å²) in [5.41, 5.74) is -1.61. The number of alkyl halides is 3. The smallest absolute Gasteiger partial charge is 0.417 e. The van der Waals surface area contributed by atoms with Crippen molar-refractivity contribution in [1.82, 2.24) is 9.55 Å². The van der Waals surface area contributed by atoms with Gasteiger partial charge in [-0.2, -0.15) is 13.2 Å². The first kappa shape index (κ1) is 19.4. The fourth-order valence-electron chi connectivity index (χ4n) is 3.12. The van der Waals surface area contributed by atoms with Gasteiger partial charge in [-0.25, -0.2) is 4.98 Å². The fraction of sp³-hybridized carbons (Fsp3) is 0.0952. The van der Waals surface area contributed by atoms with E-state index in [0.29, 0.717) is 0 Å². The molecule has 4 aromatic rings. The first-order valence-corrected chi connectivity index (χ1v) is 8.78. The minimum Gasteiger partial charge on any atom is -0.454 e. The Kier molecular flexibility index (Phi) is 4.65. The van der Waals surface area contributed by atoms with Crippen molar-refractivity contribution in [2.75, 3.05) is 5.32 Å². The SMILES string of the molecule is Cn1ccnc1C(=O)Nc1cccc2c(=O)cc(-c3ccccc3C(F)(F)F)oc12. The third-order valence-corrected chi connectivity index (χ3v) is 4.53. The second kappa shape index (κ2) is 7.18. The number of fused-ring (bicyclic) bond motifs is 1. The molecule has 6 nitrogen and oxygen atoms in total. The molecule has 0 bridgehead atoms. The zero-order valence-corrected chi connectivity index (χ0v) is 15.5. The molecule has 0 aliphatic heterocycles. The molecule has 0 aliphatic rings. The molecule has 0 saturated heterocycles. The molecule has 0 radical (unpaired) electrons. The zero-order chi connectivity index (χ0) is 21.5. The molecule has 9 heteroatoms. The van der Waals surface area contributed by atoms with Crippen molar-refractivity contribution in [2.45, 2.75) is 6.18 Å². The number of hydrogen-bond acceptors (Lipinski definition) is 4. The predicted molar refractivity (Wildman–Crippen MR) is 104 cm³/mol. The molecule has 2 aromatic heterocycles. The molecule has 152 valence electrons. The number of rotatable bonds is 3. The van der Waals surface area contributed by atoms with E-state index in [9.17, 15) is 22.8 Å². The van der Waals surface area contributed by atoms with E-state index in [2.05, 4.69) is 10.3 Å². The number of amides is 1. The number of para-hydroxylation sites is 1. The predicted octanol–water partition coefficient (Wildman–Crippen LogP) is 4.46. The molecule has 0 unspecified atom stereocenters. The number of aryl methyl sites for hydroxylation is 1. The Morgan fingerprint density at radius 1 is 1.13 bits per heavy atom. The van der Waals surface area contributed by atoms with Crippen LogP contribution in [0.3, 0.4) is 0 Å². The molecule has 2 heterocycles. The summed E-state index contributed by atoms with van der Waals surface area (Å²) >= 11 is 0. The summed E-state index contributed by atoms with van der Waals surface area (Å²) < 4.78 is 47.4. The highest BCUT2D eigenvalue weighted by Gasteiger charge is 2.34. The molecule has 1 amide bonds. The summed E-state index contributed by atoms with van der Waals surface area (Å²) in [7, 11) is 1.64. The number of imidazole rings is 1. The third-order valence-electron chi connectivity index (χ3n) is 4.53. The summed E-state index contributed by atoms with van der Waals surface area (Å²) in [6, 6.07) is 10.3. The minimum atomic E-state index is -4.63. The first-order chi connectivity index (χ1) is 14.3. The topological polar surface area (TPSA) is 77.1 Å². The Labute approximate surface area is 167 Å². The zero-order valence-electron chi connectivity index (χ0n) is 15.5. The van der Waals surface area contributed by atoms with Gasteiger partial charge < -0.3 is 14.3 Å². The van der Waals surface area contributed by atoms with Crippen LogP contribution in [0.4, 0.5) is 18.9 Å². The maximum absolute atomic E-state index is 13.4. The lowest BCUT2D eigenvalue weighted by Crippen LogP contribution is -2.17. The van der Waals surface area contributed by atoms with Gasteiger partial charge in [0.2, 0.25) is 0 Å². The van der Waals surface area contributed by atoms with Gasteiger partial charge in [-0.1, -0.05) is 24.3 Å². The van der Waals surface area contributed by atoms with Gasteiger partial charge in [-0.3, -0.25) is 9.59 Å². The van der Waals surface area contributed by atoms with Crippen LogP contribution in [0.25, 0.3) is 22.3 Å². The molecule has 0 saturated carbocycles. The van der Waals surface area contributed by atoms with Gasteiger partial charge in [0, 0.05) is 31.1 Å². The Balaban J connectivity index is 1.87. The van der Waals surface area contributed by atoms with E-state index < -0.39 is 23.1 Å². The van der Waals surface area contributed by atoms with Crippen LogP contribution in [0.5, 0.6) is 0 Å². The number of hydrogen-bond donors (Lipinski definition) is 1. The van der Waals surface area contributed by atoms with Crippen molar-refractivity contribution in [3.63, 3.8) is 0 Å². The van der Waals surface area contributed by atoms with Crippen molar-refractivity contribution < 1.29 is 22.4 Å². The highest BCUT2D eigenvalue weighted by atomic mass is 19.4. The standard InChI is InChI=1S/C21H14F3N3O3/c1-27-10-9-25-19(27)20(29)26-15-8-4-6-13-16(28)11-17(30-18(13)15)12-5-2-3-7-14(12)21(22,23)24/h2-11H,1H3,(H,26,29). The molecule has 4 rings (SSSR count). The summed E-state index contributed by atoms with van der Waals surface area (Å²) in [4.78, 5) is 29.0. The second-order valence-electron chi connectivity index (χ2n) is 6.52. The van der Waals surface area contributed by atoms with Crippen LogP contribution in [0.2, 0.25) is 0 Å². The number of anilines is 1. The van der Waals surface area contributed by atoms with Crippen molar-refractivity contribution in [1.29, 1.82) is 0 Å². The number of nitrogens with one attached hydrogen (secondary N) is 1. The number of nitrogens with zero attached hydrogens (tertiary/aromatic N) is 2. The van der Waals surface area contributed by atoms with E-state index in [1.165, 1.54) is 47.2 Å². The summed E-state index contributed by atoms with van der Waals surface area (Å²) in [5, 5.41) is 2.73. The van der Waals surface area contributed by atoms with E-state index in [1.54, 1.807) is 13.2 Å². The van der Waals surface area contributed by atoms with E-state index >= 15 is 0 Å². The monoisotopic (exact) mass is 413 g/mol. The summed E-state index contributed by atoms with van der Waals surface area (Å²) in [6.07, 6.45) is -1.59. The molecule has 0 fully saturated rings.